The van der Waals surface area contributed by atoms with Gasteiger partial charge in [0.1, 0.15) is 0 Å². The molecule has 2 fully saturated rings. The Morgan fingerprint density at radius 3 is 2.72 bits per heavy atom. The molecule has 1 heterocycles. The SMILES string of the molecule is NNC(Cc1ccncc1)CC1CC2CCC1C2. The van der Waals surface area contributed by atoms with E-state index in [0.717, 1.165) is 24.2 Å². The highest BCUT2D eigenvalue weighted by Gasteiger charge is 2.39. The first-order valence-electron chi connectivity index (χ1n) is 7.20. The van der Waals surface area contributed by atoms with Crippen molar-refractivity contribution in [2.75, 3.05) is 0 Å². The number of nitrogens with two attached hydrogens (primary N) is 1. The molecule has 0 aromatic carbocycles. The van der Waals surface area contributed by atoms with Crippen molar-refractivity contribution in [1.29, 1.82) is 0 Å². The molecule has 0 saturated heterocycles. The van der Waals surface area contributed by atoms with E-state index in [1.54, 1.807) is 0 Å². The van der Waals surface area contributed by atoms with Crippen LogP contribution in [0.5, 0.6) is 0 Å². The van der Waals surface area contributed by atoms with Crippen LogP contribution in [-0.2, 0) is 6.42 Å². The molecule has 0 amide bonds. The Balaban J connectivity index is 1.56. The lowest BCUT2D eigenvalue weighted by molar-refractivity contribution is 0.277. The Bertz CT molecular complexity index is 379. The van der Waals surface area contributed by atoms with Crippen molar-refractivity contribution in [3.8, 4) is 0 Å². The molecule has 3 nitrogen and oxygen atoms in total. The second-order valence-electron chi connectivity index (χ2n) is 6.09. The van der Waals surface area contributed by atoms with Crippen LogP contribution >= 0.6 is 0 Å². The van der Waals surface area contributed by atoms with Gasteiger partial charge in [-0.25, -0.2) is 0 Å². The number of rotatable bonds is 5. The fourth-order valence-corrected chi connectivity index (χ4v) is 4.04. The van der Waals surface area contributed by atoms with Crippen molar-refractivity contribution < 1.29 is 0 Å². The molecule has 4 atom stereocenters. The maximum atomic E-state index is 5.73. The fraction of sp³-hybridized carbons (Fsp3) is 0.667. The molecule has 3 rings (SSSR count). The lowest BCUT2D eigenvalue weighted by Crippen LogP contribution is -2.39. The van der Waals surface area contributed by atoms with Gasteiger partial charge in [-0.3, -0.25) is 16.3 Å². The van der Waals surface area contributed by atoms with E-state index in [1.807, 2.05) is 12.4 Å². The van der Waals surface area contributed by atoms with Crippen LogP contribution in [0.2, 0.25) is 0 Å². The number of pyridine rings is 1. The summed E-state index contributed by atoms with van der Waals surface area (Å²) in [6.45, 7) is 0. The number of hydrazine groups is 1. The van der Waals surface area contributed by atoms with E-state index in [2.05, 4.69) is 22.5 Å². The van der Waals surface area contributed by atoms with Crippen LogP contribution in [0.3, 0.4) is 0 Å². The van der Waals surface area contributed by atoms with Gasteiger partial charge in [0.2, 0.25) is 0 Å². The molecule has 1 aromatic heterocycles. The number of nitrogens with zero attached hydrogens (tertiary/aromatic N) is 1. The quantitative estimate of drug-likeness (QED) is 0.618. The fourth-order valence-electron chi connectivity index (χ4n) is 4.04. The average molecular weight is 245 g/mol. The Labute approximate surface area is 109 Å². The van der Waals surface area contributed by atoms with Gasteiger partial charge in [0.05, 0.1) is 0 Å². The van der Waals surface area contributed by atoms with Crippen molar-refractivity contribution in [2.45, 2.75) is 44.6 Å². The molecule has 98 valence electrons. The standard InChI is InChI=1S/C15H23N3/c16-18-15(9-11-3-5-17-6-4-11)10-14-8-12-1-2-13(14)7-12/h3-6,12-15,18H,1-2,7-10,16H2. The van der Waals surface area contributed by atoms with E-state index < -0.39 is 0 Å². The number of hydrogen-bond acceptors (Lipinski definition) is 3. The highest BCUT2D eigenvalue weighted by molar-refractivity contribution is 5.11. The molecule has 4 unspecified atom stereocenters. The van der Waals surface area contributed by atoms with Gasteiger partial charge in [-0.15, -0.1) is 0 Å². The zero-order chi connectivity index (χ0) is 12.4. The molecular weight excluding hydrogens is 222 g/mol. The van der Waals surface area contributed by atoms with E-state index in [1.165, 1.54) is 37.7 Å². The van der Waals surface area contributed by atoms with E-state index in [0.29, 0.717) is 6.04 Å². The van der Waals surface area contributed by atoms with Crippen LogP contribution in [0, 0.1) is 17.8 Å². The lowest BCUT2D eigenvalue weighted by Gasteiger charge is -2.26. The predicted octanol–water partition coefficient (Wildman–Crippen LogP) is 2.28. The van der Waals surface area contributed by atoms with Crippen LogP contribution in [0.4, 0.5) is 0 Å². The van der Waals surface area contributed by atoms with Gasteiger partial charge in [-0.05, 0) is 67.6 Å². The van der Waals surface area contributed by atoms with Crippen molar-refractivity contribution in [3.63, 3.8) is 0 Å². The summed E-state index contributed by atoms with van der Waals surface area (Å²) < 4.78 is 0. The van der Waals surface area contributed by atoms with E-state index in [9.17, 15) is 0 Å². The van der Waals surface area contributed by atoms with Crippen molar-refractivity contribution in [1.82, 2.24) is 10.4 Å². The molecule has 2 aliphatic carbocycles. The smallest absolute Gasteiger partial charge is 0.0270 e. The molecule has 3 heteroatoms. The number of nitrogens with one attached hydrogen (secondary N) is 1. The van der Waals surface area contributed by atoms with Crippen molar-refractivity contribution in [3.05, 3.63) is 30.1 Å². The van der Waals surface area contributed by atoms with E-state index >= 15 is 0 Å². The minimum atomic E-state index is 0.414. The number of aromatic nitrogens is 1. The van der Waals surface area contributed by atoms with Gasteiger partial charge in [0.15, 0.2) is 0 Å². The summed E-state index contributed by atoms with van der Waals surface area (Å²) in [6.07, 6.45) is 11.8. The number of hydrogen-bond donors (Lipinski definition) is 2. The van der Waals surface area contributed by atoms with Gasteiger partial charge in [0, 0.05) is 18.4 Å². The van der Waals surface area contributed by atoms with Crippen LogP contribution in [0.15, 0.2) is 24.5 Å². The topological polar surface area (TPSA) is 50.9 Å². The van der Waals surface area contributed by atoms with Gasteiger partial charge in [-0.1, -0.05) is 6.42 Å². The van der Waals surface area contributed by atoms with Gasteiger partial charge in [-0.2, -0.15) is 0 Å². The second-order valence-corrected chi connectivity index (χ2v) is 6.09. The van der Waals surface area contributed by atoms with Crippen molar-refractivity contribution >= 4 is 0 Å². The van der Waals surface area contributed by atoms with Gasteiger partial charge < -0.3 is 0 Å². The summed E-state index contributed by atoms with van der Waals surface area (Å²) in [7, 11) is 0. The van der Waals surface area contributed by atoms with Gasteiger partial charge >= 0.3 is 0 Å². The summed E-state index contributed by atoms with van der Waals surface area (Å²) in [6, 6.07) is 4.59. The molecule has 2 saturated carbocycles. The van der Waals surface area contributed by atoms with Crippen LogP contribution < -0.4 is 11.3 Å². The van der Waals surface area contributed by atoms with Crippen LogP contribution in [-0.4, -0.2) is 11.0 Å². The number of fused-ring (bicyclic) bond motifs is 2. The first-order valence-corrected chi connectivity index (χ1v) is 7.20. The first kappa shape index (κ1) is 12.1. The molecule has 2 aliphatic rings. The maximum absolute atomic E-state index is 5.73. The van der Waals surface area contributed by atoms with Crippen LogP contribution in [0.25, 0.3) is 0 Å². The maximum Gasteiger partial charge on any atom is 0.0270 e. The zero-order valence-corrected chi connectivity index (χ0v) is 10.9. The molecule has 0 aliphatic heterocycles. The zero-order valence-electron chi connectivity index (χ0n) is 10.9. The molecular formula is C15H23N3. The summed E-state index contributed by atoms with van der Waals surface area (Å²) in [5.74, 6) is 8.66. The third-order valence-corrected chi connectivity index (χ3v) is 4.94. The highest BCUT2D eigenvalue weighted by atomic mass is 15.2. The summed E-state index contributed by atoms with van der Waals surface area (Å²) >= 11 is 0. The van der Waals surface area contributed by atoms with E-state index in [-0.39, 0.29) is 0 Å². The Kier molecular flexibility index (Phi) is 3.62. The predicted molar refractivity (Wildman–Crippen MR) is 72.6 cm³/mol. The lowest BCUT2D eigenvalue weighted by atomic mass is 9.83. The first-order chi connectivity index (χ1) is 8.85. The molecule has 1 aromatic rings. The van der Waals surface area contributed by atoms with E-state index in [4.69, 9.17) is 5.84 Å². The van der Waals surface area contributed by atoms with Crippen molar-refractivity contribution in [2.24, 2.45) is 23.6 Å². The molecule has 3 N–H and O–H groups in total. The summed E-state index contributed by atoms with van der Waals surface area (Å²) in [5.41, 5.74) is 4.35. The summed E-state index contributed by atoms with van der Waals surface area (Å²) in [5, 5.41) is 0. The monoisotopic (exact) mass is 245 g/mol. The molecule has 0 spiro atoms. The van der Waals surface area contributed by atoms with Crippen LogP contribution in [0.1, 0.15) is 37.7 Å². The molecule has 18 heavy (non-hydrogen) atoms. The van der Waals surface area contributed by atoms with Gasteiger partial charge in [0.25, 0.3) is 0 Å². The molecule has 2 bridgehead atoms. The highest BCUT2D eigenvalue weighted by Crippen LogP contribution is 2.49. The largest absolute Gasteiger partial charge is 0.271 e. The molecule has 0 radical (unpaired) electrons. The third-order valence-electron chi connectivity index (χ3n) is 4.94. The Hall–Kier alpha value is -0.930. The minimum absolute atomic E-state index is 0.414. The average Bonchev–Trinajstić information content (AvgIpc) is 3.01. The second kappa shape index (κ2) is 5.37. The third kappa shape index (κ3) is 2.57. The normalized spacial score (nSPS) is 31.7. The minimum Gasteiger partial charge on any atom is -0.271 e. The Morgan fingerprint density at radius 1 is 1.28 bits per heavy atom. The summed E-state index contributed by atoms with van der Waals surface area (Å²) in [4.78, 5) is 4.06. The Morgan fingerprint density at radius 2 is 2.11 bits per heavy atom.